The smallest absolute Gasteiger partial charge is 0.197 e. The van der Waals surface area contributed by atoms with Gasteiger partial charge in [-0.15, -0.1) is 0 Å². The molecule has 1 heterocycles. The third-order valence-electron chi connectivity index (χ3n) is 3.20. The maximum atomic E-state index is 5.58. The molecular weight excluding hydrogens is 162 g/mol. The van der Waals surface area contributed by atoms with Gasteiger partial charge in [-0.05, 0) is 12.8 Å². The lowest BCUT2D eigenvalue weighted by Crippen LogP contribution is -2.25. The third kappa shape index (κ3) is 1.55. The number of nitrogens with one attached hydrogen (secondary N) is 1. The average Bonchev–Trinajstić information content (AvgIpc) is 2.54. The number of anilines is 1. The van der Waals surface area contributed by atoms with Crippen LogP contribution in [0.2, 0.25) is 0 Å². The number of hydrogen-bond donors (Lipinski definition) is 2. The lowest BCUT2D eigenvalue weighted by atomic mass is 9.74. The summed E-state index contributed by atoms with van der Waals surface area (Å²) < 4.78 is 0. The van der Waals surface area contributed by atoms with Gasteiger partial charge in [0.25, 0.3) is 0 Å². The zero-order chi connectivity index (χ0) is 9.31. The molecule has 3 N–H and O–H groups in total. The van der Waals surface area contributed by atoms with Gasteiger partial charge in [0, 0.05) is 11.1 Å². The van der Waals surface area contributed by atoms with E-state index in [0.29, 0.717) is 11.4 Å². The Labute approximate surface area is 78.7 Å². The van der Waals surface area contributed by atoms with Crippen molar-refractivity contribution in [2.45, 2.75) is 44.4 Å². The SMILES string of the molecule is CC1(c2cnc(N)[nH]2)CCCCC1. The van der Waals surface area contributed by atoms with Gasteiger partial charge in [0.2, 0.25) is 0 Å². The minimum Gasteiger partial charge on any atom is -0.369 e. The van der Waals surface area contributed by atoms with Crippen molar-refractivity contribution in [1.29, 1.82) is 0 Å². The van der Waals surface area contributed by atoms with Crippen LogP contribution in [-0.2, 0) is 5.41 Å². The first kappa shape index (κ1) is 8.60. The lowest BCUT2D eigenvalue weighted by Gasteiger charge is -2.32. The molecule has 72 valence electrons. The second-order valence-corrected chi connectivity index (χ2v) is 4.30. The molecule has 0 aromatic carbocycles. The molecule has 1 aromatic rings. The third-order valence-corrected chi connectivity index (χ3v) is 3.20. The number of aromatic amines is 1. The standard InChI is InChI=1S/C10H17N3/c1-10(5-3-2-4-6-10)8-7-12-9(11)13-8/h7H,2-6H2,1H3,(H3,11,12,13). The monoisotopic (exact) mass is 179 g/mol. The Kier molecular flexibility index (Phi) is 2.02. The molecule has 0 saturated heterocycles. The summed E-state index contributed by atoms with van der Waals surface area (Å²) >= 11 is 0. The molecular formula is C10H17N3. The normalized spacial score (nSPS) is 21.6. The second-order valence-electron chi connectivity index (χ2n) is 4.30. The van der Waals surface area contributed by atoms with Crippen LogP contribution in [0.3, 0.4) is 0 Å². The molecule has 1 aliphatic carbocycles. The molecule has 3 heteroatoms. The Bertz CT molecular complexity index is 284. The maximum absolute atomic E-state index is 5.58. The summed E-state index contributed by atoms with van der Waals surface area (Å²) in [6.07, 6.45) is 8.44. The van der Waals surface area contributed by atoms with Gasteiger partial charge in [-0.1, -0.05) is 26.2 Å². The highest BCUT2D eigenvalue weighted by Crippen LogP contribution is 2.37. The number of H-pyrrole nitrogens is 1. The van der Waals surface area contributed by atoms with E-state index in [0.717, 1.165) is 0 Å². The van der Waals surface area contributed by atoms with E-state index in [2.05, 4.69) is 16.9 Å². The Morgan fingerprint density at radius 2 is 2.08 bits per heavy atom. The summed E-state index contributed by atoms with van der Waals surface area (Å²) in [5, 5.41) is 0. The molecule has 3 nitrogen and oxygen atoms in total. The average molecular weight is 179 g/mol. The van der Waals surface area contributed by atoms with E-state index in [1.54, 1.807) is 0 Å². The van der Waals surface area contributed by atoms with Gasteiger partial charge < -0.3 is 10.7 Å². The minimum atomic E-state index is 0.295. The summed E-state index contributed by atoms with van der Waals surface area (Å²) in [5.41, 5.74) is 7.08. The maximum Gasteiger partial charge on any atom is 0.197 e. The molecule has 0 atom stereocenters. The van der Waals surface area contributed by atoms with Crippen molar-refractivity contribution in [2.24, 2.45) is 0 Å². The van der Waals surface area contributed by atoms with Gasteiger partial charge in [-0.25, -0.2) is 4.98 Å². The predicted octanol–water partition coefficient (Wildman–Crippen LogP) is 2.21. The molecule has 0 spiro atoms. The van der Waals surface area contributed by atoms with Crippen LogP contribution in [0, 0.1) is 0 Å². The Hall–Kier alpha value is -0.990. The van der Waals surface area contributed by atoms with Crippen molar-refractivity contribution in [3.8, 4) is 0 Å². The Morgan fingerprint density at radius 3 is 2.62 bits per heavy atom. The number of aromatic nitrogens is 2. The molecule has 0 amide bonds. The molecule has 0 bridgehead atoms. The molecule has 1 saturated carbocycles. The van der Waals surface area contributed by atoms with Crippen molar-refractivity contribution in [3.63, 3.8) is 0 Å². The number of rotatable bonds is 1. The molecule has 1 aliphatic rings. The van der Waals surface area contributed by atoms with Gasteiger partial charge in [0.1, 0.15) is 0 Å². The molecule has 2 rings (SSSR count). The first-order valence-electron chi connectivity index (χ1n) is 5.02. The molecule has 13 heavy (non-hydrogen) atoms. The molecule has 0 aliphatic heterocycles. The highest BCUT2D eigenvalue weighted by molar-refractivity contribution is 5.24. The van der Waals surface area contributed by atoms with Gasteiger partial charge in [-0.3, -0.25) is 0 Å². The van der Waals surface area contributed by atoms with E-state index in [4.69, 9.17) is 5.73 Å². The lowest BCUT2D eigenvalue weighted by molar-refractivity contribution is 0.313. The van der Waals surface area contributed by atoms with Gasteiger partial charge in [0.05, 0.1) is 6.20 Å². The van der Waals surface area contributed by atoms with Crippen LogP contribution in [0.1, 0.15) is 44.7 Å². The van der Waals surface area contributed by atoms with E-state index in [-0.39, 0.29) is 0 Å². The number of imidazole rings is 1. The van der Waals surface area contributed by atoms with Crippen LogP contribution in [0.25, 0.3) is 0 Å². The largest absolute Gasteiger partial charge is 0.369 e. The predicted molar refractivity (Wildman–Crippen MR) is 53.4 cm³/mol. The quantitative estimate of drug-likeness (QED) is 0.694. The van der Waals surface area contributed by atoms with Crippen molar-refractivity contribution >= 4 is 5.95 Å². The topological polar surface area (TPSA) is 54.7 Å². The van der Waals surface area contributed by atoms with Crippen LogP contribution in [0.4, 0.5) is 5.95 Å². The van der Waals surface area contributed by atoms with Gasteiger partial charge in [-0.2, -0.15) is 0 Å². The first-order valence-corrected chi connectivity index (χ1v) is 5.02. The second kappa shape index (κ2) is 3.05. The molecule has 0 unspecified atom stereocenters. The zero-order valence-electron chi connectivity index (χ0n) is 8.14. The molecule has 1 aromatic heterocycles. The van der Waals surface area contributed by atoms with Crippen LogP contribution in [-0.4, -0.2) is 9.97 Å². The minimum absolute atomic E-state index is 0.295. The summed E-state index contributed by atoms with van der Waals surface area (Å²) in [6, 6.07) is 0. The van der Waals surface area contributed by atoms with E-state index in [1.807, 2.05) is 6.20 Å². The molecule has 1 fully saturated rings. The van der Waals surface area contributed by atoms with Crippen LogP contribution in [0.5, 0.6) is 0 Å². The van der Waals surface area contributed by atoms with E-state index < -0.39 is 0 Å². The van der Waals surface area contributed by atoms with Crippen LogP contribution >= 0.6 is 0 Å². The highest BCUT2D eigenvalue weighted by atomic mass is 15.0. The van der Waals surface area contributed by atoms with Crippen molar-refractivity contribution in [3.05, 3.63) is 11.9 Å². The van der Waals surface area contributed by atoms with E-state index in [9.17, 15) is 0 Å². The van der Waals surface area contributed by atoms with Crippen LogP contribution < -0.4 is 5.73 Å². The number of nitrogens with two attached hydrogens (primary N) is 1. The Balaban J connectivity index is 2.22. The van der Waals surface area contributed by atoms with Gasteiger partial charge in [0.15, 0.2) is 5.95 Å². The van der Waals surface area contributed by atoms with Crippen molar-refractivity contribution < 1.29 is 0 Å². The van der Waals surface area contributed by atoms with Crippen molar-refractivity contribution in [2.75, 3.05) is 5.73 Å². The summed E-state index contributed by atoms with van der Waals surface area (Å²) in [4.78, 5) is 7.21. The van der Waals surface area contributed by atoms with Crippen molar-refractivity contribution in [1.82, 2.24) is 9.97 Å². The fourth-order valence-corrected chi connectivity index (χ4v) is 2.24. The van der Waals surface area contributed by atoms with Crippen LogP contribution in [0.15, 0.2) is 6.20 Å². The summed E-state index contributed by atoms with van der Waals surface area (Å²) in [6.45, 7) is 2.30. The summed E-state index contributed by atoms with van der Waals surface area (Å²) in [5.74, 6) is 0.543. The van der Waals surface area contributed by atoms with Gasteiger partial charge >= 0.3 is 0 Å². The van der Waals surface area contributed by atoms with E-state index >= 15 is 0 Å². The number of nitrogens with zero attached hydrogens (tertiary/aromatic N) is 1. The first-order chi connectivity index (χ1) is 6.21. The zero-order valence-corrected chi connectivity index (χ0v) is 8.14. The molecule has 0 radical (unpaired) electrons. The fourth-order valence-electron chi connectivity index (χ4n) is 2.24. The number of hydrogen-bond acceptors (Lipinski definition) is 2. The van der Waals surface area contributed by atoms with E-state index in [1.165, 1.54) is 37.8 Å². The summed E-state index contributed by atoms with van der Waals surface area (Å²) in [7, 11) is 0. The number of nitrogen functional groups attached to an aromatic ring is 1. The Morgan fingerprint density at radius 1 is 1.38 bits per heavy atom. The highest BCUT2D eigenvalue weighted by Gasteiger charge is 2.30. The fraction of sp³-hybridized carbons (Fsp3) is 0.700.